The Balaban J connectivity index is 2.00. The summed E-state index contributed by atoms with van der Waals surface area (Å²) in [6.07, 6.45) is 3.59. The van der Waals surface area contributed by atoms with Crippen LogP contribution < -0.4 is 5.32 Å². The van der Waals surface area contributed by atoms with Crippen molar-refractivity contribution in [2.75, 3.05) is 11.9 Å². The first-order valence-electron chi connectivity index (χ1n) is 6.15. The smallest absolute Gasteiger partial charge is 0.222 e. The van der Waals surface area contributed by atoms with Crippen molar-refractivity contribution in [1.29, 1.82) is 0 Å². The second-order valence-corrected chi connectivity index (χ2v) is 5.23. The van der Waals surface area contributed by atoms with Gasteiger partial charge in [-0.2, -0.15) is 0 Å². The van der Waals surface area contributed by atoms with Gasteiger partial charge < -0.3 is 10.1 Å². The molecule has 0 radical (unpaired) electrons. The molecule has 19 heavy (non-hydrogen) atoms. The molecule has 5 heteroatoms. The topological polar surface area (TPSA) is 47.0 Å². The van der Waals surface area contributed by atoms with Crippen LogP contribution in [0.3, 0.4) is 0 Å². The summed E-state index contributed by atoms with van der Waals surface area (Å²) < 4.78 is 6.50. The van der Waals surface area contributed by atoms with E-state index in [-0.39, 0.29) is 0 Å². The molecule has 1 N–H and O–H groups in total. The number of rotatable bonds is 6. The predicted molar refractivity (Wildman–Crippen MR) is 83.8 cm³/mol. The number of nitrogens with one attached hydrogen (secondary N) is 1. The Labute approximate surface area is 126 Å². The first-order chi connectivity index (χ1) is 9.29. The van der Waals surface area contributed by atoms with Gasteiger partial charge in [-0.1, -0.05) is 24.3 Å². The largest absolute Gasteiger partial charge is 0.377 e. The van der Waals surface area contributed by atoms with Crippen molar-refractivity contribution in [2.24, 2.45) is 0 Å². The van der Waals surface area contributed by atoms with Gasteiger partial charge in [-0.25, -0.2) is 9.97 Å². The first kappa shape index (κ1) is 14.2. The Bertz CT molecular complexity index is 516. The summed E-state index contributed by atoms with van der Waals surface area (Å²) in [5.74, 6) is 0.645. The SMILES string of the molecule is CCOCc1ccccc1CNc1ncc(I)cn1. The Kier molecular flexibility index (Phi) is 5.53. The number of hydrogen-bond acceptors (Lipinski definition) is 4. The molecule has 0 aliphatic rings. The van der Waals surface area contributed by atoms with E-state index in [1.165, 1.54) is 11.1 Å². The van der Waals surface area contributed by atoms with Crippen LogP contribution in [-0.4, -0.2) is 16.6 Å². The molecule has 4 nitrogen and oxygen atoms in total. The summed E-state index contributed by atoms with van der Waals surface area (Å²) in [4.78, 5) is 8.45. The van der Waals surface area contributed by atoms with Crippen molar-refractivity contribution >= 4 is 28.5 Å². The van der Waals surface area contributed by atoms with Gasteiger partial charge in [-0.3, -0.25) is 0 Å². The number of hydrogen-bond donors (Lipinski definition) is 1. The zero-order chi connectivity index (χ0) is 13.5. The molecule has 1 aromatic heterocycles. The minimum Gasteiger partial charge on any atom is -0.377 e. The molecular formula is C14H16IN3O. The van der Waals surface area contributed by atoms with Crippen LogP contribution in [0.2, 0.25) is 0 Å². The average molecular weight is 369 g/mol. The van der Waals surface area contributed by atoms with Crippen LogP contribution in [0.5, 0.6) is 0 Å². The fourth-order valence-corrected chi connectivity index (χ4v) is 1.94. The molecule has 2 rings (SSSR count). The van der Waals surface area contributed by atoms with Crippen molar-refractivity contribution in [1.82, 2.24) is 9.97 Å². The monoisotopic (exact) mass is 369 g/mol. The summed E-state index contributed by atoms with van der Waals surface area (Å²) in [6, 6.07) is 8.23. The number of aromatic nitrogens is 2. The van der Waals surface area contributed by atoms with Crippen LogP contribution in [0.25, 0.3) is 0 Å². The van der Waals surface area contributed by atoms with Gasteiger partial charge in [0.05, 0.1) is 6.61 Å². The molecule has 0 aliphatic carbocycles. The minimum absolute atomic E-state index is 0.641. The summed E-state index contributed by atoms with van der Waals surface area (Å²) in [7, 11) is 0. The van der Waals surface area contributed by atoms with Crippen LogP contribution in [-0.2, 0) is 17.9 Å². The molecule has 0 amide bonds. The highest BCUT2D eigenvalue weighted by molar-refractivity contribution is 14.1. The summed E-state index contributed by atoms with van der Waals surface area (Å²) in [5, 5.41) is 3.22. The van der Waals surface area contributed by atoms with E-state index in [2.05, 4.69) is 50.0 Å². The number of halogens is 1. The molecule has 0 aliphatic heterocycles. The zero-order valence-electron chi connectivity index (χ0n) is 10.8. The molecule has 0 fully saturated rings. The van der Waals surface area contributed by atoms with E-state index in [9.17, 15) is 0 Å². The van der Waals surface area contributed by atoms with E-state index in [1.54, 1.807) is 12.4 Å². The molecule has 0 bridgehead atoms. The van der Waals surface area contributed by atoms with Crippen LogP contribution in [0.1, 0.15) is 18.1 Å². The van der Waals surface area contributed by atoms with Crippen molar-refractivity contribution in [3.8, 4) is 0 Å². The van der Waals surface area contributed by atoms with Gasteiger partial charge in [0.25, 0.3) is 0 Å². The fourth-order valence-electron chi connectivity index (χ4n) is 1.66. The highest BCUT2D eigenvalue weighted by atomic mass is 127. The van der Waals surface area contributed by atoms with Gasteiger partial charge in [-0.05, 0) is 40.6 Å². The molecule has 0 saturated carbocycles. The maximum absolute atomic E-state index is 5.47. The van der Waals surface area contributed by atoms with Gasteiger partial charge >= 0.3 is 0 Å². The van der Waals surface area contributed by atoms with E-state index in [0.29, 0.717) is 19.1 Å². The van der Waals surface area contributed by atoms with Crippen LogP contribution in [0.15, 0.2) is 36.7 Å². The minimum atomic E-state index is 0.641. The molecule has 0 atom stereocenters. The zero-order valence-corrected chi connectivity index (χ0v) is 12.9. The predicted octanol–water partition coefficient (Wildman–Crippen LogP) is 3.23. The van der Waals surface area contributed by atoms with Gasteiger partial charge in [0.15, 0.2) is 0 Å². The maximum atomic E-state index is 5.47. The van der Waals surface area contributed by atoms with Gasteiger partial charge in [0, 0.05) is 29.1 Å². The molecular weight excluding hydrogens is 353 g/mol. The van der Waals surface area contributed by atoms with E-state index in [4.69, 9.17) is 4.74 Å². The standard InChI is InChI=1S/C14H16IN3O/c1-2-19-10-12-6-4-3-5-11(12)7-16-14-17-8-13(15)9-18-14/h3-6,8-9H,2,7,10H2,1H3,(H,16,17,18). The Morgan fingerprint density at radius 3 is 2.53 bits per heavy atom. The molecule has 0 unspecified atom stereocenters. The number of nitrogens with zero attached hydrogens (tertiary/aromatic N) is 2. The van der Waals surface area contributed by atoms with Gasteiger partial charge in [0.2, 0.25) is 5.95 Å². The third-order valence-corrected chi connectivity index (χ3v) is 3.19. The molecule has 100 valence electrons. The van der Waals surface area contributed by atoms with Gasteiger partial charge in [0.1, 0.15) is 0 Å². The maximum Gasteiger partial charge on any atom is 0.222 e. The number of ether oxygens (including phenoxy) is 1. The summed E-state index contributed by atoms with van der Waals surface area (Å²) in [6.45, 7) is 4.06. The number of benzene rings is 1. The van der Waals surface area contributed by atoms with Crippen molar-refractivity contribution in [2.45, 2.75) is 20.1 Å². The lowest BCUT2D eigenvalue weighted by Crippen LogP contribution is -2.06. The third-order valence-electron chi connectivity index (χ3n) is 2.64. The number of anilines is 1. The second-order valence-electron chi connectivity index (χ2n) is 3.98. The lowest BCUT2D eigenvalue weighted by Gasteiger charge is -2.10. The summed E-state index contributed by atoms with van der Waals surface area (Å²) >= 11 is 2.19. The highest BCUT2D eigenvalue weighted by Crippen LogP contribution is 2.12. The molecule has 1 heterocycles. The van der Waals surface area contributed by atoms with Crippen molar-refractivity contribution in [3.05, 3.63) is 51.4 Å². The molecule has 0 spiro atoms. The van der Waals surface area contributed by atoms with Crippen molar-refractivity contribution < 1.29 is 4.74 Å². The van der Waals surface area contributed by atoms with E-state index in [1.807, 2.05) is 19.1 Å². The van der Waals surface area contributed by atoms with Crippen LogP contribution in [0, 0.1) is 3.57 Å². The fraction of sp³-hybridized carbons (Fsp3) is 0.286. The lowest BCUT2D eigenvalue weighted by molar-refractivity contribution is 0.133. The van der Waals surface area contributed by atoms with Crippen molar-refractivity contribution in [3.63, 3.8) is 0 Å². The molecule has 1 aromatic carbocycles. The Hall–Kier alpha value is -1.21. The van der Waals surface area contributed by atoms with Gasteiger partial charge in [-0.15, -0.1) is 0 Å². The van der Waals surface area contributed by atoms with E-state index >= 15 is 0 Å². The van der Waals surface area contributed by atoms with Crippen LogP contribution >= 0.6 is 22.6 Å². The average Bonchev–Trinajstić information content (AvgIpc) is 2.45. The van der Waals surface area contributed by atoms with E-state index < -0.39 is 0 Å². The summed E-state index contributed by atoms with van der Waals surface area (Å²) in [5.41, 5.74) is 2.40. The molecule has 0 saturated heterocycles. The van der Waals surface area contributed by atoms with E-state index in [0.717, 1.165) is 10.2 Å². The Morgan fingerprint density at radius 1 is 1.16 bits per heavy atom. The molecule has 2 aromatic rings. The highest BCUT2D eigenvalue weighted by Gasteiger charge is 2.02. The lowest BCUT2D eigenvalue weighted by atomic mass is 10.1. The van der Waals surface area contributed by atoms with Crippen LogP contribution in [0.4, 0.5) is 5.95 Å². The second kappa shape index (κ2) is 7.40. The normalized spacial score (nSPS) is 10.4. The first-order valence-corrected chi connectivity index (χ1v) is 7.23. The quantitative estimate of drug-likeness (QED) is 0.795. The third kappa shape index (κ3) is 4.43. The Morgan fingerprint density at radius 2 is 1.84 bits per heavy atom.